The smallest absolute Gasteiger partial charge is 0.339 e. The molecule has 0 radical (unpaired) electrons. The second-order valence-electron chi connectivity index (χ2n) is 4.43. The first-order valence-corrected chi connectivity index (χ1v) is 7.40. The third kappa shape index (κ3) is 4.23. The van der Waals surface area contributed by atoms with Gasteiger partial charge in [0.05, 0.1) is 6.61 Å². The summed E-state index contributed by atoms with van der Waals surface area (Å²) in [6.45, 7) is 2.18. The van der Waals surface area contributed by atoms with E-state index in [1.54, 1.807) is 30.3 Å². The Morgan fingerprint density at radius 3 is 2.76 bits per heavy atom. The maximum Gasteiger partial charge on any atom is 0.339 e. The van der Waals surface area contributed by atoms with Crippen molar-refractivity contribution in [3.05, 3.63) is 59.4 Å². The Kier molecular flexibility index (Phi) is 5.22. The number of hydrogen-bond acceptors (Lipinski definition) is 3. The van der Waals surface area contributed by atoms with Gasteiger partial charge in [0.25, 0.3) is 0 Å². The third-order valence-corrected chi connectivity index (χ3v) is 3.82. The quantitative estimate of drug-likeness (QED) is 0.647. The summed E-state index contributed by atoms with van der Waals surface area (Å²) in [4.78, 5) is 11.7. The number of benzene rings is 2. The van der Waals surface area contributed by atoms with Gasteiger partial charge >= 0.3 is 5.97 Å². The summed E-state index contributed by atoms with van der Waals surface area (Å²) in [6, 6.07) is 11.5. The summed E-state index contributed by atoms with van der Waals surface area (Å²) >= 11 is 1.34. The number of carboxylic acid groups (broad SMARTS) is 1. The van der Waals surface area contributed by atoms with E-state index in [0.717, 1.165) is 5.56 Å². The van der Waals surface area contributed by atoms with E-state index in [2.05, 4.69) is 0 Å². The van der Waals surface area contributed by atoms with Crippen LogP contribution >= 0.6 is 11.8 Å². The summed E-state index contributed by atoms with van der Waals surface area (Å²) in [5, 5.41) is 9.09. The van der Waals surface area contributed by atoms with Crippen LogP contribution in [0.15, 0.2) is 47.4 Å². The number of rotatable bonds is 6. The van der Waals surface area contributed by atoms with E-state index >= 15 is 0 Å². The van der Waals surface area contributed by atoms with Gasteiger partial charge in [-0.25, -0.2) is 9.18 Å². The van der Waals surface area contributed by atoms with Gasteiger partial charge in [-0.2, -0.15) is 0 Å². The van der Waals surface area contributed by atoms with Crippen molar-refractivity contribution in [2.24, 2.45) is 0 Å². The van der Waals surface area contributed by atoms with Gasteiger partial charge in [0, 0.05) is 10.6 Å². The predicted molar refractivity (Wildman–Crippen MR) is 80.8 cm³/mol. The van der Waals surface area contributed by atoms with E-state index in [1.165, 1.54) is 23.9 Å². The van der Waals surface area contributed by atoms with Crippen molar-refractivity contribution >= 4 is 17.7 Å². The lowest BCUT2D eigenvalue weighted by atomic mass is 10.1. The van der Waals surface area contributed by atoms with E-state index in [-0.39, 0.29) is 11.4 Å². The molecular weight excluding hydrogens is 291 g/mol. The van der Waals surface area contributed by atoms with Crippen molar-refractivity contribution in [3.63, 3.8) is 0 Å². The highest BCUT2D eigenvalue weighted by molar-refractivity contribution is 7.99. The maximum absolute atomic E-state index is 13.4. The van der Waals surface area contributed by atoms with Crippen LogP contribution in [0, 0.1) is 12.7 Å². The molecule has 0 unspecified atom stereocenters. The minimum Gasteiger partial charge on any atom is -0.492 e. The Morgan fingerprint density at radius 2 is 2.05 bits per heavy atom. The number of carbonyl (C=O) groups is 1. The fraction of sp³-hybridized carbons (Fsp3) is 0.188. The van der Waals surface area contributed by atoms with Crippen molar-refractivity contribution in [1.29, 1.82) is 0 Å². The SMILES string of the molecule is Cc1ccc(C(=O)O)c(OCCSc2ccccc2F)c1. The van der Waals surface area contributed by atoms with Crippen molar-refractivity contribution in [1.82, 2.24) is 0 Å². The van der Waals surface area contributed by atoms with Gasteiger partial charge in [-0.1, -0.05) is 18.2 Å². The summed E-state index contributed by atoms with van der Waals surface area (Å²) in [6.07, 6.45) is 0. The lowest BCUT2D eigenvalue weighted by molar-refractivity contribution is 0.0692. The fourth-order valence-corrected chi connectivity index (χ4v) is 2.56. The van der Waals surface area contributed by atoms with Gasteiger partial charge in [0.15, 0.2) is 0 Å². The largest absolute Gasteiger partial charge is 0.492 e. The van der Waals surface area contributed by atoms with E-state index in [4.69, 9.17) is 9.84 Å². The minimum atomic E-state index is -1.02. The number of hydrogen-bond donors (Lipinski definition) is 1. The van der Waals surface area contributed by atoms with Crippen LogP contribution in [0.3, 0.4) is 0 Å². The van der Waals surface area contributed by atoms with Crippen LogP contribution in [0.25, 0.3) is 0 Å². The fourth-order valence-electron chi connectivity index (χ4n) is 1.79. The van der Waals surface area contributed by atoms with E-state index in [1.807, 2.05) is 6.92 Å². The second-order valence-corrected chi connectivity index (χ2v) is 5.57. The maximum atomic E-state index is 13.4. The highest BCUT2D eigenvalue weighted by Crippen LogP contribution is 2.23. The number of aryl methyl sites for hydroxylation is 1. The molecule has 21 heavy (non-hydrogen) atoms. The molecule has 0 fully saturated rings. The highest BCUT2D eigenvalue weighted by atomic mass is 32.2. The zero-order chi connectivity index (χ0) is 15.2. The molecule has 1 N–H and O–H groups in total. The lowest BCUT2D eigenvalue weighted by Crippen LogP contribution is -2.06. The molecule has 3 nitrogen and oxygen atoms in total. The van der Waals surface area contributed by atoms with Crippen LogP contribution in [0.2, 0.25) is 0 Å². The Morgan fingerprint density at radius 1 is 1.29 bits per heavy atom. The molecule has 0 atom stereocenters. The summed E-state index contributed by atoms with van der Waals surface area (Å²) in [7, 11) is 0. The summed E-state index contributed by atoms with van der Waals surface area (Å²) in [5.74, 6) is -0.402. The molecule has 0 aromatic heterocycles. The van der Waals surface area contributed by atoms with Gasteiger partial charge in [0.1, 0.15) is 17.1 Å². The lowest BCUT2D eigenvalue weighted by Gasteiger charge is -2.10. The molecule has 2 rings (SSSR count). The highest BCUT2D eigenvalue weighted by Gasteiger charge is 2.11. The van der Waals surface area contributed by atoms with Crippen LogP contribution < -0.4 is 4.74 Å². The molecule has 0 aliphatic carbocycles. The molecule has 0 spiro atoms. The average molecular weight is 306 g/mol. The first-order chi connectivity index (χ1) is 10.1. The Balaban J connectivity index is 1.93. The predicted octanol–water partition coefficient (Wildman–Crippen LogP) is 4.00. The summed E-state index contributed by atoms with van der Waals surface area (Å²) < 4.78 is 18.9. The molecule has 0 aliphatic heterocycles. The Labute approximate surface area is 126 Å². The van der Waals surface area contributed by atoms with Crippen LogP contribution in [0.1, 0.15) is 15.9 Å². The molecule has 0 amide bonds. The van der Waals surface area contributed by atoms with Crippen LogP contribution in [0.4, 0.5) is 4.39 Å². The molecule has 0 saturated heterocycles. The topological polar surface area (TPSA) is 46.5 Å². The minimum absolute atomic E-state index is 0.136. The molecule has 0 saturated carbocycles. The number of aromatic carboxylic acids is 1. The van der Waals surface area contributed by atoms with Crippen molar-refractivity contribution < 1.29 is 19.0 Å². The number of thioether (sulfide) groups is 1. The van der Waals surface area contributed by atoms with E-state index in [0.29, 0.717) is 23.0 Å². The first-order valence-electron chi connectivity index (χ1n) is 6.42. The first kappa shape index (κ1) is 15.4. The Bertz CT molecular complexity index is 643. The molecule has 110 valence electrons. The van der Waals surface area contributed by atoms with Crippen LogP contribution in [0.5, 0.6) is 5.75 Å². The molecule has 2 aromatic carbocycles. The van der Waals surface area contributed by atoms with Crippen molar-refractivity contribution in [3.8, 4) is 5.75 Å². The molecule has 5 heteroatoms. The van der Waals surface area contributed by atoms with Gasteiger partial charge < -0.3 is 9.84 Å². The van der Waals surface area contributed by atoms with Gasteiger partial charge in [-0.05, 0) is 36.8 Å². The average Bonchev–Trinajstić information content (AvgIpc) is 2.45. The number of carboxylic acids is 1. The standard InChI is InChI=1S/C16H15FO3S/c1-11-6-7-12(16(18)19)14(10-11)20-8-9-21-15-5-3-2-4-13(15)17/h2-7,10H,8-9H2,1H3,(H,18,19). The molecule has 2 aromatic rings. The monoisotopic (exact) mass is 306 g/mol. The zero-order valence-corrected chi connectivity index (χ0v) is 12.3. The van der Waals surface area contributed by atoms with Gasteiger partial charge in [-0.15, -0.1) is 11.8 Å². The normalized spacial score (nSPS) is 10.4. The summed E-state index contributed by atoms with van der Waals surface area (Å²) in [5.41, 5.74) is 1.06. The van der Waals surface area contributed by atoms with Crippen LogP contribution in [-0.2, 0) is 0 Å². The molecule has 0 heterocycles. The van der Waals surface area contributed by atoms with Crippen LogP contribution in [-0.4, -0.2) is 23.4 Å². The molecule has 0 aliphatic rings. The van der Waals surface area contributed by atoms with Gasteiger partial charge in [-0.3, -0.25) is 0 Å². The molecule has 0 bridgehead atoms. The Hall–Kier alpha value is -2.01. The van der Waals surface area contributed by atoms with E-state index in [9.17, 15) is 9.18 Å². The number of ether oxygens (including phenoxy) is 1. The third-order valence-electron chi connectivity index (χ3n) is 2.80. The van der Waals surface area contributed by atoms with Crippen molar-refractivity contribution in [2.75, 3.05) is 12.4 Å². The zero-order valence-electron chi connectivity index (χ0n) is 11.5. The van der Waals surface area contributed by atoms with E-state index < -0.39 is 5.97 Å². The van der Waals surface area contributed by atoms with Gasteiger partial charge in [0.2, 0.25) is 0 Å². The van der Waals surface area contributed by atoms with Crippen molar-refractivity contribution in [2.45, 2.75) is 11.8 Å². The second kappa shape index (κ2) is 7.13. The molecular formula is C16H15FO3S. The number of halogens is 1.